The average molecular weight is 470 g/mol. The third-order valence-electron chi connectivity index (χ3n) is 5.93. The quantitative estimate of drug-likeness (QED) is 0.388. The first-order valence-corrected chi connectivity index (χ1v) is 11.0. The molecule has 0 fully saturated rings. The zero-order valence-electron chi connectivity index (χ0n) is 19.8. The first kappa shape index (κ1) is 22.3. The molecule has 0 amide bonds. The molecule has 0 radical (unpaired) electrons. The third kappa shape index (κ3) is 3.90. The molecule has 5 aromatic rings. The summed E-state index contributed by atoms with van der Waals surface area (Å²) in [5.41, 5.74) is 2.35. The molecule has 0 atom stereocenters. The molecule has 0 aliphatic carbocycles. The lowest BCUT2D eigenvalue weighted by atomic mass is 10.1. The van der Waals surface area contributed by atoms with Gasteiger partial charge in [0, 0.05) is 18.8 Å². The van der Waals surface area contributed by atoms with E-state index in [1.54, 1.807) is 21.1 Å². The molecule has 0 spiro atoms. The Morgan fingerprint density at radius 2 is 1.74 bits per heavy atom. The Morgan fingerprint density at radius 1 is 1.00 bits per heavy atom. The molecule has 0 aliphatic rings. The second-order valence-corrected chi connectivity index (χ2v) is 8.25. The van der Waals surface area contributed by atoms with Gasteiger partial charge in [-0.3, -0.25) is 13.9 Å². The van der Waals surface area contributed by atoms with Gasteiger partial charge in [-0.25, -0.2) is 19.7 Å². The van der Waals surface area contributed by atoms with Crippen LogP contribution >= 0.6 is 0 Å². The van der Waals surface area contributed by atoms with Crippen LogP contribution in [-0.4, -0.2) is 31.2 Å². The predicted octanol–water partition coefficient (Wildman–Crippen LogP) is 3.49. The van der Waals surface area contributed by atoms with Crippen LogP contribution in [0.3, 0.4) is 0 Å². The SMILES string of the molecule is COc1ccccc1-c1nc(Cn2c(=O)c3cnc(-c4ccc(C)cc4)nc3n(C)c2=O)c(C)o1. The van der Waals surface area contributed by atoms with Crippen LogP contribution in [0, 0.1) is 13.8 Å². The van der Waals surface area contributed by atoms with E-state index in [9.17, 15) is 9.59 Å². The maximum absolute atomic E-state index is 13.3. The molecule has 0 N–H and O–H groups in total. The van der Waals surface area contributed by atoms with Crippen LogP contribution in [0.2, 0.25) is 0 Å². The number of nitrogens with zero attached hydrogens (tertiary/aromatic N) is 5. The average Bonchev–Trinajstić information content (AvgIpc) is 3.25. The molecule has 0 saturated carbocycles. The molecule has 3 aromatic heterocycles. The monoisotopic (exact) mass is 469 g/mol. The fourth-order valence-corrected chi connectivity index (χ4v) is 3.93. The van der Waals surface area contributed by atoms with Crippen LogP contribution in [0.15, 0.2) is 68.7 Å². The molecular weight excluding hydrogens is 446 g/mol. The van der Waals surface area contributed by atoms with Crippen molar-refractivity contribution >= 4 is 11.0 Å². The van der Waals surface area contributed by atoms with E-state index in [4.69, 9.17) is 9.15 Å². The van der Waals surface area contributed by atoms with Crippen LogP contribution < -0.4 is 16.0 Å². The van der Waals surface area contributed by atoms with Crippen LogP contribution in [0.4, 0.5) is 0 Å². The molecule has 176 valence electrons. The number of para-hydroxylation sites is 1. The Balaban J connectivity index is 1.57. The van der Waals surface area contributed by atoms with Gasteiger partial charge in [-0.2, -0.15) is 0 Å². The summed E-state index contributed by atoms with van der Waals surface area (Å²) in [4.78, 5) is 39.9. The molecule has 0 bridgehead atoms. The fourth-order valence-electron chi connectivity index (χ4n) is 3.93. The second-order valence-electron chi connectivity index (χ2n) is 8.25. The lowest BCUT2D eigenvalue weighted by molar-refractivity contribution is 0.414. The summed E-state index contributed by atoms with van der Waals surface area (Å²) in [5, 5.41) is 0.245. The van der Waals surface area contributed by atoms with Crippen molar-refractivity contribution in [2.45, 2.75) is 20.4 Å². The summed E-state index contributed by atoms with van der Waals surface area (Å²) in [7, 11) is 3.16. The van der Waals surface area contributed by atoms with Gasteiger partial charge < -0.3 is 9.15 Å². The summed E-state index contributed by atoms with van der Waals surface area (Å²) in [5.74, 6) is 1.91. The van der Waals surface area contributed by atoms with Crippen molar-refractivity contribution in [2.24, 2.45) is 7.05 Å². The van der Waals surface area contributed by atoms with Crippen LogP contribution in [0.1, 0.15) is 17.0 Å². The summed E-state index contributed by atoms with van der Waals surface area (Å²) >= 11 is 0. The van der Waals surface area contributed by atoms with Gasteiger partial charge in [0.1, 0.15) is 22.6 Å². The molecule has 0 aliphatic heterocycles. The van der Waals surface area contributed by atoms with Gasteiger partial charge in [0.05, 0.1) is 19.2 Å². The van der Waals surface area contributed by atoms with Gasteiger partial charge in [-0.1, -0.05) is 42.0 Å². The molecule has 5 rings (SSSR count). The number of ether oxygens (including phenoxy) is 1. The number of benzene rings is 2. The van der Waals surface area contributed by atoms with Crippen molar-refractivity contribution in [3.8, 4) is 28.6 Å². The highest BCUT2D eigenvalue weighted by atomic mass is 16.5. The van der Waals surface area contributed by atoms with E-state index in [2.05, 4.69) is 15.0 Å². The van der Waals surface area contributed by atoms with Gasteiger partial charge in [-0.05, 0) is 26.0 Å². The summed E-state index contributed by atoms with van der Waals surface area (Å²) < 4.78 is 13.7. The van der Waals surface area contributed by atoms with E-state index >= 15 is 0 Å². The number of oxazole rings is 1. The first-order valence-electron chi connectivity index (χ1n) is 11.0. The van der Waals surface area contributed by atoms with Crippen LogP contribution in [0.25, 0.3) is 33.9 Å². The molecule has 35 heavy (non-hydrogen) atoms. The fraction of sp³-hybridized carbons (Fsp3) is 0.192. The lowest BCUT2D eigenvalue weighted by Gasteiger charge is -2.10. The van der Waals surface area contributed by atoms with Crippen LogP contribution in [-0.2, 0) is 13.6 Å². The second kappa shape index (κ2) is 8.68. The molecule has 9 nitrogen and oxygen atoms in total. The summed E-state index contributed by atoms with van der Waals surface area (Å²) in [6, 6.07) is 15.1. The molecule has 2 aromatic carbocycles. The highest BCUT2D eigenvalue weighted by Crippen LogP contribution is 2.30. The number of methoxy groups -OCH3 is 1. The van der Waals surface area contributed by atoms with Crippen molar-refractivity contribution in [3.05, 3.63) is 92.6 Å². The standard InChI is InChI=1S/C26H23N5O4/c1-15-9-11-17(12-10-15)22-27-13-19-23(29-22)30(3)26(33)31(25(19)32)14-20-16(2)35-24(28-20)18-7-5-6-8-21(18)34-4/h5-13H,14H2,1-4H3. The number of aryl methyl sites for hydroxylation is 3. The van der Waals surface area contributed by atoms with Crippen LogP contribution in [0.5, 0.6) is 5.75 Å². The molecule has 0 unspecified atom stereocenters. The van der Waals surface area contributed by atoms with E-state index in [1.165, 1.54) is 10.8 Å². The summed E-state index contributed by atoms with van der Waals surface area (Å²) in [6.07, 6.45) is 1.46. The minimum absolute atomic E-state index is 0.0500. The number of hydrogen-bond donors (Lipinski definition) is 0. The predicted molar refractivity (Wildman–Crippen MR) is 132 cm³/mol. The molecule has 0 saturated heterocycles. The topological polar surface area (TPSA) is 105 Å². The van der Waals surface area contributed by atoms with E-state index < -0.39 is 11.2 Å². The smallest absolute Gasteiger partial charge is 0.332 e. The number of aromatic nitrogens is 5. The normalized spacial score (nSPS) is 11.2. The zero-order chi connectivity index (χ0) is 24.7. The number of rotatable bonds is 5. The first-order chi connectivity index (χ1) is 16.9. The van der Waals surface area contributed by atoms with Crippen molar-refractivity contribution < 1.29 is 9.15 Å². The molecule has 9 heteroatoms. The molecule has 3 heterocycles. The number of fused-ring (bicyclic) bond motifs is 1. The van der Waals surface area contributed by atoms with E-state index in [-0.39, 0.29) is 17.6 Å². The van der Waals surface area contributed by atoms with Gasteiger partial charge >= 0.3 is 5.69 Å². The largest absolute Gasteiger partial charge is 0.496 e. The van der Waals surface area contributed by atoms with Gasteiger partial charge in [0.2, 0.25) is 5.89 Å². The van der Waals surface area contributed by atoms with Crippen molar-refractivity contribution in [2.75, 3.05) is 7.11 Å². The van der Waals surface area contributed by atoms with E-state index in [0.717, 1.165) is 15.7 Å². The van der Waals surface area contributed by atoms with Gasteiger partial charge in [0.25, 0.3) is 5.56 Å². The molecular formula is C26H23N5O4. The van der Waals surface area contributed by atoms with E-state index in [1.807, 2.05) is 55.5 Å². The van der Waals surface area contributed by atoms with Crippen molar-refractivity contribution in [3.63, 3.8) is 0 Å². The maximum atomic E-state index is 13.3. The van der Waals surface area contributed by atoms with E-state index in [0.29, 0.717) is 34.5 Å². The van der Waals surface area contributed by atoms with Gasteiger partial charge in [0.15, 0.2) is 11.5 Å². The Morgan fingerprint density at radius 3 is 2.49 bits per heavy atom. The van der Waals surface area contributed by atoms with Gasteiger partial charge in [-0.15, -0.1) is 0 Å². The number of hydrogen-bond acceptors (Lipinski definition) is 7. The minimum atomic E-state index is -0.503. The minimum Gasteiger partial charge on any atom is -0.496 e. The maximum Gasteiger partial charge on any atom is 0.332 e. The third-order valence-corrected chi connectivity index (χ3v) is 5.93. The Bertz CT molecular complexity index is 1680. The lowest BCUT2D eigenvalue weighted by Crippen LogP contribution is -2.40. The zero-order valence-corrected chi connectivity index (χ0v) is 19.8. The van der Waals surface area contributed by atoms with Crippen molar-refractivity contribution in [1.82, 2.24) is 24.1 Å². The Hall–Kier alpha value is -4.53. The highest BCUT2D eigenvalue weighted by molar-refractivity contribution is 5.75. The summed E-state index contributed by atoms with van der Waals surface area (Å²) in [6.45, 7) is 3.69. The Labute approximate surface area is 200 Å². The Kier molecular flexibility index (Phi) is 5.52. The van der Waals surface area contributed by atoms with Crippen molar-refractivity contribution in [1.29, 1.82) is 0 Å². The highest BCUT2D eigenvalue weighted by Gasteiger charge is 2.19.